The number of pyridine rings is 1. The molecule has 5 heteroatoms. The number of esters is 1. The number of aromatic nitrogens is 3. The first-order valence-corrected chi connectivity index (χ1v) is 8.87. The number of nitrogens with zero attached hydrogens (tertiary/aromatic N) is 3. The number of carbonyl (C=O) groups excluding carboxylic acids is 1. The van der Waals surface area contributed by atoms with E-state index in [2.05, 4.69) is 5.10 Å². The average Bonchev–Trinajstić information content (AvgIpc) is 3.05. The minimum Gasteiger partial charge on any atom is -0.462 e. The number of fused-ring (bicyclic) bond motifs is 1. The highest BCUT2D eigenvalue weighted by atomic mass is 16.5. The Kier molecular flexibility index (Phi) is 4.42. The molecule has 134 valence electrons. The number of para-hydroxylation sites is 1. The molecule has 0 aliphatic rings. The molecule has 0 amide bonds. The molecule has 0 saturated heterocycles. The van der Waals surface area contributed by atoms with E-state index in [1.165, 1.54) is 0 Å². The molecule has 0 spiro atoms. The summed E-state index contributed by atoms with van der Waals surface area (Å²) >= 11 is 0. The molecule has 2 heterocycles. The van der Waals surface area contributed by atoms with Crippen molar-refractivity contribution in [1.82, 2.24) is 14.8 Å². The summed E-state index contributed by atoms with van der Waals surface area (Å²) in [4.78, 5) is 17.5. The fourth-order valence-corrected chi connectivity index (χ4v) is 3.16. The number of rotatable bonds is 4. The molecular weight excluding hydrogens is 338 g/mol. The van der Waals surface area contributed by atoms with Gasteiger partial charge in [0.1, 0.15) is 0 Å². The van der Waals surface area contributed by atoms with Crippen LogP contribution in [0.5, 0.6) is 0 Å². The minimum atomic E-state index is -0.363. The maximum atomic E-state index is 12.7. The zero-order valence-corrected chi connectivity index (χ0v) is 15.2. The average molecular weight is 357 g/mol. The number of ether oxygens (including phenoxy) is 1. The molecule has 4 aromatic rings. The number of hydrogen-bond donors (Lipinski definition) is 0. The van der Waals surface area contributed by atoms with Gasteiger partial charge in [0.25, 0.3) is 0 Å². The van der Waals surface area contributed by atoms with Gasteiger partial charge in [0, 0.05) is 5.56 Å². The van der Waals surface area contributed by atoms with E-state index in [4.69, 9.17) is 9.72 Å². The molecule has 0 aliphatic carbocycles. The van der Waals surface area contributed by atoms with Gasteiger partial charge in [-0.1, -0.05) is 48.5 Å². The van der Waals surface area contributed by atoms with E-state index in [-0.39, 0.29) is 5.97 Å². The van der Waals surface area contributed by atoms with Gasteiger partial charge >= 0.3 is 5.97 Å². The molecule has 0 saturated carbocycles. The van der Waals surface area contributed by atoms with Crippen molar-refractivity contribution < 1.29 is 9.53 Å². The van der Waals surface area contributed by atoms with Gasteiger partial charge in [0.2, 0.25) is 0 Å². The molecule has 4 rings (SSSR count). The van der Waals surface area contributed by atoms with Gasteiger partial charge in [-0.3, -0.25) is 0 Å². The van der Waals surface area contributed by atoms with Crippen molar-refractivity contribution in [2.75, 3.05) is 6.61 Å². The lowest BCUT2D eigenvalue weighted by Crippen LogP contribution is -2.07. The molecule has 27 heavy (non-hydrogen) atoms. The number of carbonyl (C=O) groups is 1. The quantitative estimate of drug-likeness (QED) is 0.502. The summed E-state index contributed by atoms with van der Waals surface area (Å²) in [5.74, 6) is -0.363. The third-order valence-corrected chi connectivity index (χ3v) is 4.38. The summed E-state index contributed by atoms with van der Waals surface area (Å²) in [5, 5.41) is 5.36. The van der Waals surface area contributed by atoms with Gasteiger partial charge in [-0.25, -0.2) is 14.5 Å². The van der Waals surface area contributed by atoms with Crippen molar-refractivity contribution in [3.05, 3.63) is 78.0 Å². The van der Waals surface area contributed by atoms with Crippen molar-refractivity contribution in [3.8, 4) is 16.9 Å². The molecule has 0 fully saturated rings. The maximum Gasteiger partial charge on any atom is 0.339 e. The summed E-state index contributed by atoms with van der Waals surface area (Å²) in [7, 11) is 0. The summed E-state index contributed by atoms with van der Waals surface area (Å²) in [6.45, 7) is 4.00. The van der Waals surface area contributed by atoms with Crippen LogP contribution in [-0.4, -0.2) is 27.3 Å². The first-order valence-electron chi connectivity index (χ1n) is 8.87. The molecule has 0 unspecified atom stereocenters. The van der Waals surface area contributed by atoms with Crippen molar-refractivity contribution in [2.24, 2.45) is 0 Å². The van der Waals surface area contributed by atoms with Crippen LogP contribution in [0, 0.1) is 6.92 Å². The van der Waals surface area contributed by atoms with Crippen LogP contribution in [0.15, 0.2) is 66.7 Å². The van der Waals surface area contributed by atoms with Crippen LogP contribution in [0.3, 0.4) is 0 Å². The molecule has 0 atom stereocenters. The van der Waals surface area contributed by atoms with E-state index in [1.54, 1.807) is 17.7 Å². The zero-order chi connectivity index (χ0) is 18.8. The second-order valence-electron chi connectivity index (χ2n) is 6.17. The second-order valence-corrected chi connectivity index (χ2v) is 6.17. The van der Waals surface area contributed by atoms with Gasteiger partial charge in [-0.15, -0.1) is 0 Å². The fraction of sp³-hybridized carbons (Fsp3) is 0.136. The number of hydrogen-bond acceptors (Lipinski definition) is 4. The summed E-state index contributed by atoms with van der Waals surface area (Å²) in [6.07, 6.45) is 0. The van der Waals surface area contributed by atoms with E-state index in [0.717, 1.165) is 22.3 Å². The molecular formula is C22H19N3O2. The van der Waals surface area contributed by atoms with Crippen LogP contribution < -0.4 is 0 Å². The normalized spacial score (nSPS) is 10.9. The lowest BCUT2D eigenvalue weighted by Gasteiger charge is -2.09. The van der Waals surface area contributed by atoms with Crippen LogP contribution in [0.1, 0.15) is 23.0 Å². The van der Waals surface area contributed by atoms with Crippen molar-refractivity contribution in [3.63, 3.8) is 0 Å². The summed E-state index contributed by atoms with van der Waals surface area (Å²) in [5.41, 5.74) is 4.40. The highest BCUT2D eigenvalue weighted by Crippen LogP contribution is 2.29. The van der Waals surface area contributed by atoms with E-state index in [0.29, 0.717) is 23.5 Å². The van der Waals surface area contributed by atoms with E-state index in [1.807, 2.05) is 67.6 Å². The lowest BCUT2D eigenvalue weighted by atomic mass is 10.1. The Morgan fingerprint density at radius 3 is 2.37 bits per heavy atom. The molecule has 0 N–H and O–H groups in total. The van der Waals surface area contributed by atoms with E-state index < -0.39 is 0 Å². The highest BCUT2D eigenvalue weighted by Gasteiger charge is 2.21. The topological polar surface area (TPSA) is 57.0 Å². The number of benzene rings is 2. The van der Waals surface area contributed by atoms with Crippen LogP contribution in [0.25, 0.3) is 28.0 Å². The van der Waals surface area contributed by atoms with Crippen LogP contribution in [-0.2, 0) is 4.74 Å². The molecule has 0 aliphatic heterocycles. The fourth-order valence-electron chi connectivity index (χ4n) is 3.16. The Labute approximate surface area is 157 Å². The standard InChI is InChI=1S/C22H19N3O2/c1-3-27-22(26)18-14-19(16-10-6-4-7-11-16)23-21-20(18)15(2)24-25(21)17-12-8-5-9-13-17/h4-14H,3H2,1-2H3. The van der Waals surface area contributed by atoms with Gasteiger partial charge < -0.3 is 4.74 Å². The molecule has 0 radical (unpaired) electrons. The first-order chi connectivity index (χ1) is 13.2. The highest BCUT2D eigenvalue weighted by molar-refractivity contribution is 6.05. The van der Waals surface area contributed by atoms with Gasteiger partial charge in [0.05, 0.1) is 34.6 Å². The lowest BCUT2D eigenvalue weighted by molar-refractivity contribution is 0.0528. The zero-order valence-electron chi connectivity index (χ0n) is 15.2. The van der Waals surface area contributed by atoms with Crippen LogP contribution >= 0.6 is 0 Å². The maximum absolute atomic E-state index is 12.7. The van der Waals surface area contributed by atoms with Gasteiger partial charge in [-0.05, 0) is 32.0 Å². The van der Waals surface area contributed by atoms with Crippen LogP contribution in [0.2, 0.25) is 0 Å². The Morgan fingerprint density at radius 2 is 1.70 bits per heavy atom. The minimum absolute atomic E-state index is 0.315. The van der Waals surface area contributed by atoms with Crippen LogP contribution in [0.4, 0.5) is 0 Å². The SMILES string of the molecule is CCOC(=O)c1cc(-c2ccccc2)nc2c1c(C)nn2-c1ccccc1. The smallest absolute Gasteiger partial charge is 0.339 e. The first kappa shape index (κ1) is 17.0. The van der Waals surface area contributed by atoms with Crippen molar-refractivity contribution in [2.45, 2.75) is 13.8 Å². The third kappa shape index (κ3) is 3.08. The molecule has 0 bridgehead atoms. The Hall–Kier alpha value is -3.47. The van der Waals surface area contributed by atoms with Crippen molar-refractivity contribution >= 4 is 17.0 Å². The molecule has 2 aromatic carbocycles. The Balaban J connectivity index is 2.03. The molecule has 5 nitrogen and oxygen atoms in total. The van der Waals surface area contributed by atoms with Gasteiger partial charge in [0.15, 0.2) is 5.65 Å². The summed E-state index contributed by atoms with van der Waals surface area (Å²) in [6, 6.07) is 21.4. The monoisotopic (exact) mass is 357 g/mol. The predicted molar refractivity (Wildman–Crippen MR) is 105 cm³/mol. The van der Waals surface area contributed by atoms with Gasteiger partial charge in [-0.2, -0.15) is 5.10 Å². The number of aryl methyl sites for hydroxylation is 1. The van der Waals surface area contributed by atoms with E-state index >= 15 is 0 Å². The summed E-state index contributed by atoms with van der Waals surface area (Å²) < 4.78 is 7.07. The predicted octanol–water partition coefficient (Wildman–Crippen LogP) is 4.57. The largest absolute Gasteiger partial charge is 0.462 e. The Morgan fingerprint density at radius 1 is 1.04 bits per heavy atom. The molecule has 2 aromatic heterocycles. The van der Waals surface area contributed by atoms with E-state index in [9.17, 15) is 4.79 Å². The Bertz CT molecular complexity index is 1100. The van der Waals surface area contributed by atoms with Crippen molar-refractivity contribution in [1.29, 1.82) is 0 Å². The third-order valence-electron chi connectivity index (χ3n) is 4.38. The second kappa shape index (κ2) is 7.03.